The number of amides is 3. The number of carboxylic acids is 1. The van der Waals surface area contributed by atoms with Crippen molar-refractivity contribution in [2.24, 2.45) is 0 Å². The third-order valence-corrected chi connectivity index (χ3v) is 23.7. The maximum absolute atomic E-state index is 13.7. The van der Waals surface area contributed by atoms with Crippen molar-refractivity contribution < 1.29 is 178 Å². The summed E-state index contributed by atoms with van der Waals surface area (Å²) in [5.74, 6) is -7.41. The van der Waals surface area contributed by atoms with Crippen LogP contribution in [0.25, 0.3) is 0 Å². The van der Waals surface area contributed by atoms with Crippen molar-refractivity contribution >= 4 is 23.7 Å². The summed E-state index contributed by atoms with van der Waals surface area (Å²) in [5, 5.41) is 231. The molecule has 6 aliphatic heterocycles. The van der Waals surface area contributed by atoms with Crippen LogP contribution in [0.4, 0.5) is 0 Å². The number of carbonyl (C=O) groups excluding carboxylic acids is 3. The minimum atomic E-state index is -3.22. The molecule has 23 N–H and O–H groups in total. The summed E-state index contributed by atoms with van der Waals surface area (Å²) >= 11 is 0. The number of carboxylic acid groups (broad SMARTS) is 1. The van der Waals surface area contributed by atoms with E-state index in [9.17, 15) is 121 Å². The lowest BCUT2D eigenvalue weighted by Crippen LogP contribution is -2.71. The molecule has 39 nitrogen and oxygen atoms in total. The van der Waals surface area contributed by atoms with Crippen molar-refractivity contribution in [1.82, 2.24) is 16.0 Å². The Morgan fingerprint density at radius 1 is 0.434 bits per heavy atom. The second-order valence-electron chi connectivity index (χ2n) is 33.5. The highest BCUT2D eigenvalue weighted by atomic mass is 16.8. The van der Waals surface area contributed by atoms with Crippen molar-refractivity contribution in [2.75, 3.05) is 46.2 Å². The fourth-order valence-corrected chi connectivity index (χ4v) is 16.4. The third kappa shape index (κ3) is 32.8. The molecule has 0 spiro atoms. The van der Waals surface area contributed by atoms with Gasteiger partial charge >= 0.3 is 5.97 Å². The predicted molar refractivity (Wildman–Crippen MR) is 429 cm³/mol. The first-order valence-electron chi connectivity index (χ1n) is 44.6. The fourth-order valence-electron chi connectivity index (χ4n) is 16.4. The number of hydrogen-bond acceptors (Lipinski definition) is 35. The summed E-state index contributed by atoms with van der Waals surface area (Å²) in [6.07, 6.45) is -20.9. The van der Waals surface area contributed by atoms with Gasteiger partial charge in [0.05, 0.1) is 70.5 Å². The maximum atomic E-state index is 13.7. The molecule has 0 aromatic heterocycles. The van der Waals surface area contributed by atoms with Gasteiger partial charge in [-0.2, -0.15) is 0 Å². The summed E-state index contributed by atoms with van der Waals surface area (Å²) in [6.45, 7) is -0.495. The number of nitrogens with one attached hydrogen (secondary N) is 3. The molecule has 0 bridgehead atoms. The molecule has 0 aliphatic carbocycles. The Bertz CT molecular complexity index is 2910. The Labute approximate surface area is 714 Å². The van der Waals surface area contributed by atoms with Crippen molar-refractivity contribution in [1.29, 1.82) is 0 Å². The number of hydrogen-bond donors (Lipinski definition) is 23. The minimum Gasteiger partial charge on any atom is -0.477 e. The summed E-state index contributed by atoms with van der Waals surface area (Å²) < 4.78 is 70.9. The third-order valence-electron chi connectivity index (χ3n) is 23.7. The van der Waals surface area contributed by atoms with Gasteiger partial charge in [-0.05, 0) is 19.3 Å². The summed E-state index contributed by atoms with van der Waals surface area (Å²) in [7, 11) is 0. The van der Waals surface area contributed by atoms with Crippen LogP contribution in [0.5, 0.6) is 0 Å². The van der Waals surface area contributed by atoms with Gasteiger partial charge < -0.3 is 175 Å². The van der Waals surface area contributed by atoms with Gasteiger partial charge in [-0.3, -0.25) is 14.4 Å². The summed E-state index contributed by atoms with van der Waals surface area (Å²) in [5.41, 5.74) is 0. The highest BCUT2D eigenvalue weighted by Crippen LogP contribution is 2.40. The van der Waals surface area contributed by atoms with Gasteiger partial charge in [0.1, 0.15) is 140 Å². The van der Waals surface area contributed by atoms with Gasteiger partial charge in [-0.15, -0.1) is 0 Å². The lowest BCUT2D eigenvalue weighted by Gasteiger charge is -2.51. The van der Waals surface area contributed by atoms with E-state index in [0.717, 1.165) is 71.6 Å². The zero-order chi connectivity index (χ0) is 89.6. The van der Waals surface area contributed by atoms with Crippen molar-refractivity contribution in [3.63, 3.8) is 0 Å². The second-order valence-corrected chi connectivity index (χ2v) is 33.5. The Morgan fingerprint density at radius 3 is 1.33 bits per heavy atom. The summed E-state index contributed by atoms with van der Waals surface area (Å²) in [6, 6.07) is -4.66. The molecule has 0 saturated carbocycles. The molecular formula is C83H149N3O36. The highest BCUT2D eigenvalue weighted by molar-refractivity contribution is 5.77. The van der Waals surface area contributed by atoms with E-state index in [1.54, 1.807) is 6.08 Å². The van der Waals surface area contributed by atoms with E-state index in [-0.39, 0.29) is 12.3 Å². The number of aliphatic hydroxyl groups is 19. The number of rotatable bonds is 59. The Kier molecular flexibility index (Phi) is 49.8. The molecule has 3 amide bonds. The molecule has 712 valence electrons. The van der Waals surface area contributed by atoms with Crippen LogP contribution in [0.2, 0.25) is 0 Å². The minimum absolute atomic E-state index is 0.141. The first-order valence-corrected chi connectivity index (χ1v) is 44.6. The monoisotopic (exact) mass is 1760 g/mol. The van der Waals surface area contributed by atoms with E-state index in [0.29, 0.717) is 12.8 Å². The molecule has 0 radical (unpaired) electrons. The van der Waals surface area contributed by atoms with E-state index < -0.39 is 272 Å². The zero-order valence-electron chi connectivity index (χ0n) is 71.4. The Balaban J connectivity index is 1.15. The van der Waals surface area contributed by atoms with Gasteiger partial charge in [-0.1, -0.05) is 206 Å². The Hall–Kier alpha value is -3.62. The first-order chi connectivity index (χ1) is 58.5. The van der Waals surface area contributed by atoms with Crippen molar-refractivity contribution in [3.05, 3.63) is 12.2 Å². The maximum Gasteiger partial charge on any atom is 0.364 e. The van der Waals surface area contributed by atoms with Crippen molar-refractivity contribution in [3.8, 4) is 0 Å². The Morgan fingerprint density at radius 2 is 0.844 bits per heavy atom. The largest absolute Gasteiger partial charge is 0.477 e. The van der Waals surface area contributed by atoms with E-state index in [1.807, 2.05) is 6.08 Å². The lowest BCUT2D eigenvalue weighted by molar-refractivity contribution is -0.388. The quantitative estimate of drug-likeness (QED) is 0.0239. The van der Waals surface area contributed by atoms with Crippen LogP contribution in [0.15, 0.2) is 12.2 Å². The molecule has 12 unspecified atom stereocenters. The van der Waals surface area contributed by atoms with Gasteiger partial charge in [0.25, 0.3) is 5.79 Å². The normalized spacial score (nSPS) is 35.6. The molecule has 0 aromatic carbocycles. The molecule has 39 heteroatoms. The van der Waals surface area contributed by atoms with Crippen LogP contribution in [-0.2, 0) is 76.0 Å². The van der Waals surface area contributed by atoms with Crippen LogP contribution in [-0.4, -0.2) is 374 Å². The second kappa shape index (κ2) is 56.7. The van der Waals surface area contributed by atoms with Crippen LogP contribution < -0.4 is 16.0 Å². The van der Waals surface area contributed by atoms with Crippen molar-refractivity contribution in [2.45, 2.75) is 441 Å². The van der Waals surface area contributed by atoms with Gasteiger partial charge in [-0.25, -0.2) is 4.79 Å². The number of unbranched alkanes of at least 4 members (excludes halogenated alkanes) is 29. The van der Waals surface area contributed by atoms with Crippen LogP contribution >= 0.6 is 0 Å². The number of ether oxygens (including phenoxy) is 12. The molecule has 0 aromatic rings. The van der Waals surface area contributed by atoms with Crippen LogP contribution in [0.1, 0.15) is 240 Å². The van der Waals surface area contributed by atoms with E-state index >= 15 is 0 Å². The van der Waals surface area contributed by atoms with Crippen LogP contribution in [0.3, 0.4) is 0 Å². The number of aliphatic carboxylic acids is 1. The molecule has 6 rings (SSSR count). The zero-order valence-corrected chi connectivity index (χ0v) is 71.4. The van der Waals surface area contributed by atoms with E-state index in [1.165, 1.54) is 128 Å². The molecule has 6 heterocycles. The molecule has 122 heavy (non-hydrogen) atoms. The fraction of sp³-hybridized carbons (Fsp3) is 0.928. The molecule has 6 fully saturated rings. The first kappa shape index (κ1) is 107. The predicted octanol–water partition coefficient (Wildman–Crippen LogP) is -1.66. The van der Waals surface area contributed by atoms with Gasteiger partial charge in [0, 0.05) is 26.7 Å². The average Bonchev–Trinajstić information content (AvgIpc) is 0.754. The smallest absolute Gasteiger partial charge is 0.364 e. The van der Waals surface area contributed by atoms with E-state index in [4.69, 9.17) is 56.8 Å². The standard InChI is InChI=1S/C83H149N3O36/c1-5-7-9-11-13-15-17-19-20-21-22-23-24-26-28-30-32-34-36-38-58(97)86-49(50(94)37-35-33-31-29-27-25-18-16-14-12-10-8-6-2)45-111-78-69(106)67(104)73(56(44-91)116-78)119-80-70(107)75(120-79-68(105)66(103)62(99)53(41-88)113-79)64(101)57(117-80)46-112-77-60(85-48(4)93)65(102)72(55(43-90)115-77)118-81-71(108)76(63(100)54(42-89)114-81)122-83(82(109)110)39-51(95)59(84-47(3)92)74(121-83)61(98)52(96)40-87/h35,37,49-57,59-81,87-91,94-96,98-108H,5-34,36,38-46H2,1-4H3,(H,84,92)(H,85,93)(H,86,97)(H,109,110)/b37-35+/t49-,50+,51?,52+,53?,54?,55?,56?,57?,59+,60?,61+,62-,63-,64-,65+,66-,67+,68?,69?,70?,71?,72+,73+,74?,75-,76-,77+,78+,79+,80-,81-,83-/m0/s1. The van der Waals surface area contributed by atoms with Gasteiger partial charge in [0.2, 0.25) is 17.7 Å². The molecule has 33 atom stereocenters. The average molecular weight is 1770 g/mol. The number of allylic oxidation sites excluding steroid dienone is 1. The van der Waals surface area contributed by atoms with Crippen LogP contribution in [0, 0.1) is 0 Å². The van der Waals surface area contributed by atoms with Gasteiger partial charge in [0.15, 0.2) is 31.5 Å². The lowest BCUT2D eigenvalue weighted by atomic mass is 9.88. The molecule has 6 aliphatic rings. The topological polar surface area (TPSA) is 620 Å². The van der Waals surface area contributed by atoms with E-state index in [2.05, 4.69) is 29.8 Å². The summed E-state index contributed by atoms with van der Waals surface area (Å²) in [4.78, 5) is 52.1. The molecular weight excluding hydrogens is 1610 g/mol. The number of aliphatic hydroxyl groups excluding tert-OH is 19. The highest BCUT2D eigenvalue weighted by Gasteiger charge is 2.62. The number of carbonyl (C=O) groups is 4. The molecule has 6 saturated heterocycles. The SMILES string of the molecule is CCCCCCCCCCCCC/C=C/[C@@H](O)[C@H](CO[C@@H]1OC(CO)[C@@H](O[C@@H]2OC(CO[C@@H]3OC(CO)[C@@H](O[C@@H]4OC(CO)[C@H](O)[C@H](O[C@]5(C(=O)O)CC(O)[C@@H](NC(C)=O)C([C@H](O)[C@H](O)CO)O5)C4O)[C@H](O)C3NC(C)=O)[C@H](O)[C@H](O[C@H]3OC(CO)[C@H](O)[C@H](O)C3O)C2O)[C@H](O)C1O)NC(=O)CCCCCCCCCCCCCCCCCCCCC.